The number of anilines is 1. The Labute approximate surface area is 154 Å². The Morgan fingerprint density at radius 3 is 2.72 bits per heavy atom. The number of aromatic nitrogens is 1. The highest BCUT2D eigenvalue weighted by atomic mass is 35.5. The zero-order valence-corrected chi connectivity index (χ0v) is 14.9. The van der Waals surface area contributed by atoms with Gasteiger partial charge < -0.3 is 5.32 Å². The van der Waals surface area contributed by atoms with Crippen LogP contribution in [0.4, 0.5) is 11.4 Å². The van der Waals surface area contributed by atoms with Gasteiger partial charge in [0.15, 0.2) is 0 Å². The summed E-state index contributed by atoms with van der Waals surface area (Å²) < 4.78 is 1.69. The highest BCUT2D eigenvalue weighted by Gasteiger charge is 2.08. The van der Waals surface area contributed by atoms with Gasteiger partial charge in [-0.1, -0.05) is 35.3 Å². The number of hydrogen-bond acceptors (Lipinski definition) is 4. The second-order valence-electron chi connectivity index (χ2n) is 5.26. The third kappa shape index (κ3) is 4.15. The number of nitrogens with one attached hydrogen (secondary N) is 2. The van der Waals surface area contributed by atoms with Crippen LogP contribution in [0.1, 0.15) is 10.4 Å². The Morgan fingerprint density at radius 2 is 2.04 bits per heavy atom. The third-order valence-corrected chi connectivity index (χ3v) is 4.47. The first-order valence-corrected chi connectivity index (χ1v) is 8.57. The molecule has 0 bridgehead atoms. The highest BCUT2D eigenvalue weighted by molar-refractivity contribution is 7.07. The molecule has 0 spiro atoms. The second-order valence-corrected chi connectivity index (χ2v) is 6.89. The Hall–Kier alpha value is -2.88. The number of benzene rings is 2. The van der Waals surface area contributed by atoms with Crippen molar-refractivity contribution >= 4 is 40.5 Å². The normalized spacial score (nSPS) is 11.2. The molecule has 0 radical (unpaired) electrons. The Balaban J connectivity index is 2.08. The summed E-state index contributed by atoms with van der Waals surface area (Å²) in [7, 11) is 0. The summed E-state index contributed by atoms with van der Waals surface area (Å²) in [6.45, 7) is 1.94. The lowest BCUT2D eigenvalue weighted by Gasteiger charge is -2.11. The van der Waals surface area contributed by atoms with Crippen molar-refractivity contribution in [2.75, 3.05) is 5.32 Å². The Kier molecular flexibility index (Phi) is 4.98. The molecule has 5 nitrogen and oxygen atoms in total. The molecule has 0 aliphatic heterocycles. The van der Waals surface area contributed by atoms with Gasteiger partial charge in [0.05, 0.1) is 17.3 Å². The van der Waals surface area contributed by atoms with E-state index in [1.807, 2.05) is 25.1 Å². The molecular weight excluding hydrogens is 354 g/mol. The van der Waals surface area contributed by atoms with Gasteiger partial charge in [-0.05, 0) is 49.4 Å². The van der Waals surface area contributed by atoms with Crippen molar-refractivity contribution < 1.29 is 0 Å². The van der Waals surface area contributed by atoms with Gasteiger partial charge in [0, 0.05) is 15.6 Å². The number of halogens is 1. The van der Waals surface area contributed by atoms with Crippen LogP contribution < -0.4 is 10.8 Å². The molecule has 1 heterocycles. The summed E-state index contributed by atoms with van der Waals surface area (Å²) in [6.07, 6.45) is 0. The monoisotopic (exact) mass is 367 g/mol. The van der Waals surface area contributed by atoms with Crippen LogP contribution in [0.25, 0.3) is 0 Å². The fraction of sp³-hybridized carbons (Fsp3) is 0.0556. The van der Waals surface area contributed by atoms with E-state index in [1.54, 1.807) is 40.4 Å². The van der Waals surface area contributed by atoms with E-state index in [4.69, 9.17) is 22.3 Å². The van der Waals surface area contributed by atoms with E-state index < -0.39 is 0 Å². The lowest BCUT2D eigenvalue weighted by molar-refractivity contribution is 1.07. The van der Waals surface area contributed by atoms with Crippen LogP contribution in [-0.2, 0) is 0 Å². The largest absolute Gasteiger partial charge is 0.325 e. The fourth-order valence-corrected chi connectivity index (χ4v) is 3.18. The highest BCUT2D eigenvalue weighted by Crippen LogP contribution is 2.18. The van der Waals surface area contributed by atoms with Crippen LogP contribution >= 0.6 is 23.1 Å². The molecule has 7 heteroatoms. The van der Waals surface area contributed by atoms with E-state index in [-0.39, 0.29) is 0 Å². The van der Waals surface area contributed by atoms with Crippen LogP contribution in [-0.4, -0.2) is 9.92 Å². The molecule has 3 rings (SSSR count). The minimum atomic E-state index is 0.326. The fourth-order valence-electron chi connectivity index (χ4n) is 2.21. The molecule has 25 heavy (non-hydrogen) atoms. The van der Waals surface area contributed by atoms with E-state index >= 15 is 0 Å². The Morgan fingerprint density at radius 1 is 1.24 bits per heavy atom. The van der Waals surface area contributed by atoms with E-state index in [2.05, 4.69) is 16.4 Å². The van der Waals surface area contributed by atoms with Gasteiger partial charge in [-0.15, -0.1) is 0 Å². The van der Waals surface area contributed by atoms with Crippen molar-refractivity contribution in [2.24, 2.45) is 4.99 Å². The maximum Gasteiger partial charge on any atom is 0.223 e. The summed E-state index contributed by atoms with van der Waals surface area (Å²) in [5.74, 6) is 0.473. The van der Waals surface area contributed by atoms with Crippen LogP contribution in [0.2, 0.25) is 5.02 Å². The van der Waals surface area contributed by atoms with E-state index in [0.29, 0.717) is 27.7 Å². The lowest BCUT2D eigenvalue weighted by Crippen LogP contribution is -2.28. The predicted molar refractivity (Wildman–Crippen MR) is 102 cm³/mol. The first-order valence-electron chi connectivity index (χ1n) is 7.41. The van der Waals surface area contributed by atoms with E-state index in [0.717, 1.165) is 10.6 Å². The molecule has 0 fully saturated rings. The molecule has 2 N–H and O–H groups in total. The van der Waals surface area contributed by atoms with Crippen molar-refractivity contribution in [3.8, 4) is 6.07 Å². The minimum absolute atomic E-state index is 0.326. The lowest BCUT2D eigenvalue weighted by atomic mass is 10.2. The van der Waals surface area contributed by atoms with Gasteiger partial charge in [-0.2, -0.15) is 5.26 Å². The van der Waals surface area contributed by atoms with Crippen molar-refractivity contribution in [3.63, 3.8) is 0 Å². The van der Waals surface area contributed by atoms with Crippen LogP contribution in [0.3, 0.4) is 0 Å². The molecule has 2 aromatic carbocycles. The van der Waals surface area contributed by atoms with Crippen LogP contribution in [0.15, 0.2) is 59.6 Å². The standard InChI is InChI=1S/C18H14ClN5S/c1-12-8-17(21)24(25-12)18(23-16-7-3-5-14(19)10-16)22-15-6-2-4-13(9-15)11-20/h2-10,21H,1H3,(H,22,23). The van der Waals surface area contributed by atoms with Gasteiger partial charge in [-0.25, -0.2) is 8.95 Å². The molecular formula is C18H14ClN5S. The summed E-state index contributed by atoms with van der Waals surface area (Å²) >= 11 is 7.47. The van der Waals surface area contributed by atoms with Crippen LogP contribution in [0.5, 0.6) is 0 Å². The molecule has 0 saturated carbocycles. The average Bonchev–Trinajstić information content (AvgIpc) is 2.93. The van der Waals surface area contributed by atoms with Crippen molar-refractivity contribution in [3.05, 3.63) is 75.5 Å². The number of nitriles is 1. The molecule has 0 aliphatic carbocycles. The number of hydrogen-bond donors (Lipinski definition) is 2. The number of aryl methyl sites for hydroxylation is 1. The SMILES string of the molecule is Cc1cc(=N)n(C(=Nc2cccc(C#N)c2)Nc2cccc(Cl)c2)s1. The number of rotatable bonds is 2. The van der Waals surface area contributed by atoms with Gasteiger partial charge in [0.25, 0.3) is 0 Å². The van der Waals surface area contributed by atoms with Crippen LogP contribution in [0, 0.1) is 23.7 Å². The summed E-state index contributed by atoms with van der Waals surface area (Å²) in [5.41, 5.74) is 2.25. The zero-order chi connectivity index (χ0) is 17.8. The molecule has 0 amide bonds. The first-order chi connectivity index (χ1) is 12.0. The van der Waals surface area contributed by atoms with Crippen molar-refractivity contribution in [1.29, 1.82) is 10.7 Å². The van der Waals surface area contributed by atoms with Gasteiger partial charge in [-0.3, -0.25) is 5.41 Å². The molecule has 0 unspecified atom stereocenters. The Bertz CT molecular complexity index is 1040. The topological polar surface area (TPSA) is 77.0 Å². The van der Waals surface area contributed by atoms with E-state index in [1.165, 1.54) is 11.5 Å². The summed E-state index contributed by atoms with van der Waals surface area (Å²) in [6, 6.07) is 18.2. The van der Waals surface area contributed by atoms with E-state index in [9.17, 15) is 0 Å². The zero-order valence-electron chi connectivity index (χ0n) is 13.3. The van der Waals surface area contributed by atoms with Gasteiger partial charge in [0.1, 0.15) is 5.49 Å². The van der Waals surface area contributed by atoms with Crippen molar-refractivity contribution in [2.45, 2.75) is 6.92 Å². The average molecular weight is 368 g/mol. The first kappa shape index (κ1) is 17.0. The molecule has 124 valence electrons. The third-order valence-electron chi connectivity index (χ3n) is 3.28. The quantitative estimate of drug-likeness (QED) is 0.516. The van der Waals surface area contributed by atoms with Gasteiger partial charge in [0.2, 0.25) is 5.96 Å². The minimum Gasteiger partial charge on any atom is -0.325 e. The number of aliphatic imine (C=N–C) groups is 1. The molecule has 0 saturated heterocycles. The predicted octanol–water partition coefficient (Wildman–Crippen LogP) is 4.51. The number of nitrogens with zero attached hydrogens (tertiary/aromatic N) is 3. The summed E-state index contributed by atoms with van der Waals surface area (Å²) in [4.78, 5) is 5.60. The maximum absolute atomic E-state index is 9.06. The smallest absolute Gasteiger partial charge is 0.223 e. The second kappa shape index (κ2) is 7.34. The summed E-state index contributed by atoms with van der Waals surface area (Å²) in [5, 5.41) is 21.0. The van der Waals surface area contributed by atoms with Crippen molar-refractivity contribution in [1.82, 2.24) is 3.96 Å². The van der Waals surface area contributed by atoms with Gasteiger partial charge >= 0.3 is 0 Å². The maximum atomic E-state index is 9.06. The molecule has 0 atom stereocenters. The molecule has 3 aromatic rings. The molecule has 0 aliphatic rings. The molecule has 1 aromatic heterocycles.